The fraction of sp³-hybridized carbons (Fsp3) is 0.667. The largest absolute Gasteiger partial charge is 0.356 e. The molecule has 96 valence electrons. The summed E-state index contributed by atoms with van der Waals surface area (Å²) in [5.41, 5.74) is 5.88. The average Bonchev–Trinajstić information content (AvgIpc) is 2.36. The average molecular weight is 254 g/mol. The molecule has 0 aromatic carbocycles. The molecule has 0 aliphatic rings. The van der Waals surface area contributed by atoms with Gasteiger partial charge >= 0.3 is 0 Å². The van der Waals surface area contributed by atoms with Crippen molar-refractivity contribution in [3.8, 4) is 0 Å². The minimum Gasteiger partial charge on any atom is -0.356 e. The Morgan fingerprint density at radius 1 is 1.41 bits per heavy atom. The minimum atomic E-state index is 0.0977. The first-order chi connectivity index (χ1) is 8.02. The molecule has 0 fully saturated rings. The lowest BCUT2D eigenvalue weighted by Crippen LogP contribution is -2.39. The molecule has 17 heavy (non-hydrogen) atoms. The Balaban J connectivity index is 2.86. The highest BCUT2D eigenvalue weighted by Gasteiger charge is 2.20. The van der Waals surface area contributed by atoms with Gasteiger partial charge in [0.25, 0.3) is 0 Å². The van der Waals surface area contributed by atoms with Crippen LogP contribution in [0, 0.1) is 5.41 Å². The van der Waals surface area contributed by atoms with E-state index in [9.17, 15) is 0 Å². The second-order valence-electron chi connectivity index (χ2n) is 4.80. The van der Waals surface area contributed by atoms with Gasteiger partial charge in [-0.15, -0.1) is 11.8 Å². The zero-order valence-corrected chi connectivity index (χ0v) is 11.9. The molecule has 0 spiro atoms. The van der Waals surface area contributed by atoms with E-state index < -0.39 is 0 Å². The van der Waals surface area contributed by atoms with E-state index >= 15 is 0 Å². The van der Waals surface area contributed by atoms with Gasteiger partial charge in [-0.1, -0.05) is 13.8 Å². The second-order valence-corrected chi connectivity index (χ2v) is 5.63. The van der Waals surface area contributed by atoms with Gasteiger partial charge in [-0.3, -0.25) is 0 Å². The smallest absolute Gasteiger partial charge is 0.133 e. The number of thioether (sulfide) groups is 1. The number of nitrogens with zero attached hydrogens (tertiary/aromatic N) is 3. The predicted octanol–water partition coefficient (Wildman–Crippen LogP) is 2.01. The molecule has 0 saturated heterocycles. The normalized spacial score (nSPS) is 11.6. The van der Waals surface area contributed by atoms with Gasteiger partial charge < -0.3 is 10.6 Å². The molecule has 0 atom stereocenters. The van der Waals surface area contributed by atoms with Crippen molar-refractivity contribution in [2.24, 2.45) is 11.1 Å². The van der Waals surface area contributed by atoms with Gasteiger partial charge in [0.1, 0.15) is 17.2 Å². The molecule has 0 aliphatic carbocycles. The maximum absolute atomic E-state index is 5.78. The van der Waals surface area contributed by atoms with Crippen LogP contribution < -0.4 is 10.6 Å². The van der Waals surface area contributed by atoms with E-state index in [1.54, 1.807) is 18.1 Å². The third-order valence-electron chi connectivity index (χ3n) is 2.71. The highest BCUT2D eigenvalue weighted by atomic mass is 32.2. The molecule has 0 unspecified atom stereocenters. The van der Waals surface area contributed by atoms with E-state index in [4.69, 9.17) is 5.73 Å². The van der Waals surface area contributed by atoms with Gasteiger partial charge in [0.2, 0.25) is 0 Å². The quantitative estimate of drug-likeness (QED) is 0.621. The molecule has 1 aromatic heterocycles. The highest BCUT2D eigenvalue weighted by molar-refractivity contribution is 7.98. The molecule has 2 N–H and O–H groups in total. The lowest BCUT2D eigenvalue weighted by Gasteiger charge is -2.31. The van der Waals surface area contributed by atoms with Gasteiger partial charge in [-0.2, -0.15) is 0 Å². The highest BCUT2D eigenvalue weighted by Crippen LogP contribution is 2.21. The van der Waals surface area contributed by atoms with E-state index in [1.807, 2.05) is 12.3 Å². The van der Waals surface area contributed by atoms with Crippen LogP contribution in [0.2, 0.25) is 0 Å². The van der Waals surface area contributed by atoms with Gasteiger partial charge in [0, 0.05) is 19.2 Å². The van der Waals surface area contributed by atoms with E-state index in [2.05, 4.69) is 35.6 Å². The van der Waals surface area contributed by atoms with Crippen LogP contribution in [-0.2, 0) is 0 Å². The molecule has 0 amide bonds. The number of aromatic nitrogens is 2. The Labute approximate surface area is 108 Å². The first-order valence-corrected chi connectivity index (χ1v) is 7.06. The van der Waals surface area contributed by atoms with Crippen molar-refractivity contribution in [3.05, 3.63) is 12.4 Å². The van der Waals surface area contributed by atoms with Crippen molar-refractivity contribution in [2.75, 3.05) is 30.8 Å². The van der Waals surface area contributed by atoms with Gasteiger partial charge in [0.05, 0.1) is 0 Å². The van der Waals surface area contributed by atoms with E-state index in [0.717, 1.165) is 23.9 Å². The lowest BCUT2D eigenvalue weighted by molar-refractivity contribution is 0.378. The summed E-state index contributed by atoms with van der Waals surface area (Å²) < 4.78 is 0. The van der Waals surface area contributed by atoms with Crippen molar-refractivity contribution in [1.82, 2.24) is 9.97 Å². The Morgan fingerprint density at radius 2 is 2.12 bits per heavy atom. The summed E-state index contributed by atoms with van der Waals surface area (Å²) in [4.78, 5) is 10.8. The van der Waals surface area contributed by atoms with Crippen LogP contribution in [0.25, 0.3) is 0 Å². The summed E-state index contributed by atoms with van der Waals surface area (Å²) in [6, 6.07) is 2.03. The molecular formula is C12H22N4S. The third kappa shape index (κ3) is 4.16. The number of hydrogen-bond donors (Lipinski definition) is 1. The van der Waals surface area contributed by atoms with Crippen LogP contribution in [0.1, 0.15) is 20.8 Å². The number of anilines is 1. The summed E-state index contributed by atoms with van der Waals surface area (Å²) in [6.07, 6.45) is 3.64. The zero-order chi connectivity index (χ0) is 12.9. The Bertz CT molecular complexity index is 354. The Morgan fingerprint density at radius 3 is 2.65 bits per heavy atom. The minimum absolute atomic E-state index is 0.0977. The molecular weight excluding hydrogens is 232 g/mol. The van der Waals surface area contributed by atoms with Crippen LogP contribution in [0.4, 0.5) is 5.82 Å². The first kappa shape index (κ1) is 14.3. The van der Waals surface area contributed by atoms with Crippen LogP contribution in [-0.4, -0.2) is 35.9 Å². The molecule has 1 aromatic rings. The van der Waals surface area contributed by atoms with Crippen molar-refractivity contribution in [1.29, 1.82) is 0 Å². The topological polar surface area (TPSA) is 55.0 Å². The SMILES string of the molecule is CCN(CC(C)(C)CN)c1cc(SC)ncn1. The van der Waals surface area contributed by atoms with Crippen molar-refractivity contribution in [2.45, 2.75) is 25.8 Å². The molecule has 1 rings (SSSR count). The maximum Gasteiger partial charge on any atom is 0.133 e. The van der Waals surface area contributed by atoms with Gasteiger partial charge in [-0.25, -0.2) is 9.97 Å². The van der Waals surface area contributed by atoms with Gasteiger partial charge in [0.15, 0.2) is 0 Å². The fourth-order valence-corrected chi connectivity index (χ4v) is 1.93. The third-order valence-corrected chi connectivity index (χ3v) is 3.36. The molecule has 1 heterocycles. The van der Waals surface area contributed by atoms with E-state index in [0.29, 0.717) is 6.54 Å². The Kier molecular flexibility index (Phi) is 5.21. The summed E-state index contributed by atoms with van der Waals surface area (Å²) in [7, 11) is 0. The molecule has 0 saturated carbocycles. The predicted molar refractivity (Wildman–Crippen MR) is 74.5 cm³/mol. The van der Waals surface area contributed by atoms with Crippen LogP contribution in [0.5, 0.6) is 0 Å². The van der Waals surface area contributed by atoms with Crippen molar-refractivity contribution < 1.29 is 0 Å². The lowest BCUT2D eigenvalue weighted by atomic mass is 9.93. The zero-order valence-electron chi connectivity index (χ0n) is 11.1. The van der Waals surface area contributed by atoms with Crippen molar-refractivity contribution in [3.63, 3.8) is 0 Å². The summed E-state index contributed by atoms with van der Waals surface area (Å²) in [5, 5.41) is 0.999. The molecule has 5 heteroatoms. The molecule has 0 radical (unpaired) electrons. The van der Waals surface area contributed by atoms with Crippen LogP contribution in [0.15, 0.2) is 17.4 Å². The van der Waals surface area contributed by atoms with Crippen LogP contribution in [0.3, 0.4) is 0 Å². The molecule has 0 bridgehead atoms. The monoisotopic (exact) mass is 254 g/mol. The molecule has 0 aliphatic heterocycles. The number of nitrogens with two attached hydrogens (primary N) is 1. The fourth-order valence-electron chi connectivity index (χ4n) is 1.55. The standard InChI is InChI=1S/C12H22N4S/c1-5-16(8-12(2,3)7-13)10-6-11(17-4)15-9-14-10/h6,9H,5,7-8,13H2,1-4H3. The Hall–Kier alpha value is -0.810. The summed E-state index contributed by atoms with van der Waals surface area (Å²) >= 11 is 1.63. The van der Waals surface area contributed by atoms with E-state index in [-0.39, 0.29) is 5.41 Å². The van der Waals surface area contributed by atoms with Gasteiger partial charge in [-0.05, 0) is 25.1 Å². The second kappa shape index (κ2) is 6.21. The summed E-state index contributed by atoms with van der Waals surface area (Å²) in [5.74, 6) is 0.980. The number of rotatable bonds is 6. The number of hydrogen-bond acceptors (Lipinski definition) is 5. The maximum atomic E-state index is 5.78. The molecule has 4 nitrogen and oxygen atoms in total. The van der Waals surface area contributed by atoms with Crippen molar-refractivity contribution >= 4 is 17.6 Å². The first-order valence-electron chi connectivity index (χ1n) is 5.83. The van der Waals surface area contributed by atoms with Crippen LogP contribution >= 0.6 is 11.8 Å². The van der Waals surface area contributed by atoms with E-state index in [1.165, 1.54) is 0 Å². The summed E-state index contributed by atoms with van der Waals surface area (Å²) in [6.45, 7) is 8.98.